The first-order chi connectivity index (χ1) is 11.5. The average Bonchev–Trinajstić information content (AvgIpc) is 2.56. The van der Waals surface area contributed by atoms with Crippen LogP contribution in [0.1, 0.15) is 10.4 Å². The number of halogens is 3. The number of ether oxygens (including phenoxy) is 1. The molecule has 2 aromatic rings. The lowest BCUT2D eigenvalue weighted by Crippen LogP contribution is -2.38. The minimum atomic E-state index is -3.53. The van der Waals surface area contributed by atoms with Gasteiger partial charge in [0.25, 0.3) is 11.7 Å². The second-order valence-corrected chi connectivity index (χ2v) is 6.61. The summed E-state index contributed by atoms with van der Waals surface area (Å²) in [5.41, 5.74) is 0.784. The van der Waals surface area contributed by atoms with Crippen molar-refractivity contribution in [2.45, 2.75) is 0 Å². The van der Waals surface area contributed by atoms with Crippen LogP contribution in [0.5, 0.6) is 11.5 Å². The summed E-state index contributed by atoms with van der Waals surface area (Å²) in [7, 11) is 0. The fourth-order valence-electron chi connectivity index (χ4n) is 2.26. The number of hydrogen-bond acceptors (Lipinski definition) is 6. The maximum atomic E-state index is 12.8. The van der Waals surface area contributed by atoms with Crippen LogP contribution < -0.4 is 21.9 Å². The Morgan fingerprint density at radius 1 is 1.33 bits per heavy atom. The van der Waals surface area contributed by atoms with Crippen LogP contribution in [0, 0.1) is 14.8 Å². The fourth-order valence-corrected chi connectivity index (χ4v) is 3.62. The minimum Gasteiger partial charge on any atom is -0.488 e. The first kappa shape index (κ1) is 17.2. The van der Waals surface area contributed by atoms with E-state index in [9.17, 15) is 13.2 Å². The second-order valence-electron chi connectivity index (χ2n) is 4.68. The van der Waals surface area contributed by atoms with Crippen molar-refractivity contribution in [3.8, 4) is 11.5 Å². The van der Waals surface area contributed by atoms with Gasteiger partial charge in [0.2, 0.25) is 0 Å². The molecule has 1 amide bonds. The number of benzene rings is 1. The van der Waals surface area contributed by atoms with E-state index in [0.29, 0.717) is 24.6 Å². The van der Waals surface area contributed by atoms with Crippen molar-refractivity contribution in [2.24, 2.45) is 0 Å². The molecule has 0 N–H and O–H groups in total. The number of fused-ring (bicyclic) bond motifs is 1. The molecule has 7 nitrogen and oxygen atoms in total. The van der Waals surface area contributed by atoms with Crippen molar-refractivity contribution in [1.29, 1.82) is 0 Å². The lowest BCUT2D eigenvalue weighted by molar-refractivity contribution is -1.62. The predicted octanol–water partition coefficient (Wildman–Crippen LogP) is 0.893. The summed E-state index contributed by atoms with van der Waals surface area (Å²) in [4.78, 5) is 18.2. The van der Waals surface area contributed by atoms with Crippen molar-refractivity contribution in [3.63, 3.8) is 0 Å². The third-order valence-corrected chi connectivity index (χ3v) is 4.41. The van der Waals surface area contributed by atoms with E-state index < -0.39 is 14.8 Å². The third-order valence-electron chi connectivity index (χ3n) is 3.26. The average molecular weight is 436 g/mol. The highest BCUT2D eigenvalue weighted by atomic mass is 80.0. The molecule has 0 fully saturated rings. The van der Waals surface area contributed by atoms with Gasteiger partial charge in [0, 0.05) is 11.8 Å². The van der Waals surface area contributed by atoms with E-state index >= 15 is 0 Å². The summed E-state index contributed by atoms with van der Waals surface area (Å²) in [5.74, 6) is -0.0446. The molecule has 1 aromatic carbocycles. The molecule has 2 heterocycles. The Hall–Kier alpha value is -1.58. The molecule has 1 aromatic heterocycles. The van der Waals surface area contributed by atoms with Gasteiger partial charge in [-0.05, 0) is 18.2 Å². The number of amides is 1. The van der Waals surface area contributed by atoms with Gasteiger partial charge < -0.3 is 18.0 Å². The number of nitrogens with zero attached hydrogens (tertiary/aromatic N) is 2. The van der Waals surface area contributed by atoms with Crippen LogP contribution in [-0.2, 0) is 0 Å². The van der Waals surface area contributed by atoms with Gasteiger partial charge in [0.05, 0.1) is 28.5 Å². The largest absolute Gasteiger partial charge is 0.501 e. The van der Waals surface area contributed by atoms with Gasteiger partial charge in [-0.3, -0.25) is 9.78 Å². The number of carbonyl (C=O) groups excluding carboxylic acids is 1. The minimum absolute atomic E-state index is 0.0658. The number of hydrogen-bond donors (Lipinski definition) is 0. The lowest BCUT2D eigenvalue weighted by Gasteiger charge is -2.29. The van der Waals surface area contributed by atoms with Crippen molar-refractivity contribution < 1.29 is 36.6 Å². The van der Waals surface area contributed by atoms with Gasteiger partial charge in [-0.25, -0.2) is 0 Å². The zero-order valence-corrected chi connectivity index (χ0v) is 15.0. The van der Waals surface area contributed by atoms with E-state index in [1.807, 2.05) is 0 Å². The van der Waals surface area contributed by atoms with E-state index in [0.717, 1.165) is 0 Å². The third kappa shape index (κ3) is 3.42. The molecule has 0 radical (unpaired) electrons. The van der Waals surface area contributed by atoms with Gasteiger partial charge in [-0.2, -0.15) is 0 Å². The molecular formula is C14H9BrCl2N2O5. The van der Waals surface area contributed by atoms with Crippen molar-refractivity contribution in [3.05, 3.63) is 46.2 Å². The Morgan fingerprint density at radius 3 is 2.71 bits per heavy atom. The molecule has 24 heavy (non-hydrogen) atoms. The van der Waals surface area contributed by atoms with Crippen LogP contribution >= 0.6 is 23.2 Å². The van der Waals surface area contributed by atoms with Crippen LogP contribution in [0.15, 0.2) is 30.6 Å². The monoisotopic (exact) mass is 434 g/mol. The summed E-state index contributed by atoms with van der Waals surface area (Å²) in [5, 5.41) is -0.132. The molecule has 1 aliphatic rings. The van der Waals surface area contributed by atoms with E-state index in [1.54, 1.807) is 12.3 Å². The standard InChI is InChI=1S/C14H9BrCl2N2O5/c16-9-5-8(6-10(17)13(9)24-15(21)22)14(20)19-3-4-23-12-7-18-2-1-11(12)19/h1-2,5-7H,3-4H2. The van der Waals surface area contributed by atoms with Crippen molar-refractivity contribution in [2.75, 3.05) is 18.1 Å². The maximum absolute atomic E-state index is 12.8. The summed E-state index contributed by atoms with van der Waals surface area (Å²) < 4.78 is 31.5. The van der Waals surface area contributed by atoms with Gasteiger partial charge in [0.1, 0.15) is 6.61 Å². The molecule has 1 aliphatic heterocycles. The molecule has 0 spiro atoms. The first-order valence-corrected chi connectivity index (χ1v) is 9.29. The Balaban J connectivity index is 1.94. The van der Waals surface area contributed by atoms with Crippen molar-refractivity contribution >= 4 is 34.8 Å². The smallest absolute Gasteiger partial charge is 0.488 e. The van der Waals surface area contributed by atoms with Crippen LogP contribution in [0.25, 0.3) is 0 Å². The highest BCUT2D eigenvalue weighted by molar-refractivity contribution is 6.37. The normalized spacial score (nSPS) is 13.5. The van der Waals surface area contributed by atoms with Crippen LogP contribution in [0.3, 0.4) is 0 Å². The summed E-state index contributed by atoms with van der Waals surface area (Å²) >= 11 is 8.44. The molecule has 126 valence electrons. The molecule has 0 saturated heterocycles. The highest BCUT2D eigenvalue weighted by Gasteiger charge is 2.28. The Bertz CT molecular complexity index is 767. The number of pyridine rings is 1. The topological polar surface area (TPSA) is 97.8 Å². The van der Waals surface area contributed by atoms with Gasteiger partial charge >= 0.3 is 14.8 Å². The molecule has 0 saturated carbocycles. The predicted molar refractivity (Wildman–Crippen MR) is 78.5 cm³/mol. The van der Waals surface area contributed by atoms with Gasteiger partial charge in [-0.15, -0.1) is 3.83 Å². The zero-order chi connectivity index (χ0) is 17.3. The molecular weight excluding hydrogens is 427 g/mol. The molecule has 0 bridgehead atoms. The zero-order valence-electron chi connectivity index (χ0n) is 11.9. The van der Waals surface area contributed by atoms with Crippen molar-refractivity contribution in [1.82, 2.24) is 4.98 Å². The van der Waals surface area contributed by atoms with Crippen LogP contribution in [-0.4, -0.2) is 24.0 Å². The molecule has 0 aliphatic carbocycles. The van der Waals surface area contributed by atoms with Gasteiger partial charge in [0.15, 0.2) is 5.75 Å². The molecule has 0 atom stereocenters. The SMILES string of the molecule is O=C(c1cc(Cl)c(O[Br+2]([O-])[O-])c(Cl)c1)N1CCOc2cnccc21. The highest BCUT2D eigenvalue weighted by Crippen LogP contribution is 2.36. The molecule has 10 heteroatoms. The lowest BCUT2D eigenvalue weighted by atomic mass is 10.1. The number of carbonyl (C=O) groups is 1. The number of anilines is 1. The van der Waals surface area contributed by atoms with E-state index in [4.69, 9.17) is 27.9 Å². The van der Waals surface area contributed by atoms with E-state index in [1.165, 1.54) is 23.2 Å². The summed E-state index contributed by atoms with van der Waals surface area (Å²) in [6, 6.07) is 4.29. The van der Waals surface area contributed by atoms with Crippen LogP contribution in [0.4, 0.5) is 5.69 Å². The number of rotatable bonds is 3. The quantitative estimate of drug-likeness (QED) is 0.710. The summed E-state index contributed by atoms with van der Waals surface area (Å²) in [6.07, 6.45) is 3.08. The number of aromatic nitrogens is 1. The second kappa shape index (κ2) is 7.12. The Labute approximate surface area is 152 Å². The Morgan fingerprint density at radius 2 is 2.04 bits per heavy atom. The van der Waals surface area contributed by atoms with Crippen LogP contribution in [0.2, 0.25) is 10.0 Å². The first-order valence-electron chi connectivity index (χ1n) is 6.59. The van der Waals surface area contributed by atoms with Gasteiger partial charge in [-0.1, -0.05) is 23.2 Å². The van der Waals surface area contributed by atoms with E-state index in [-0.39, 0.29) is 27.3 Å². The molecule has 0 unspecified atom stereocenters. The maximum Gasteiger partial charge on any atom is 0.501 e. The molecule has 3 rings (SSSR count). The van der Waals surface area contributed by atoms with E-state index in [2.05, 4.69) is 8.81 Å². The summed E-state index contributed by atoms with van der Waals surface area (Å²) in [6.45, 7) is 0.670. The Kier molecular flexibility index (Phi) is 5.12. The fraction of sp³-hybridized carbons (Fsp3) is 0.143.